The molecule has 2 bridgehead atoms. The van der Waals surface area contributed by atoms with Crippen molar-refractivity contribution < 1.29 is 0 Å². The highest BCUT2D eigenvalue weighted by Crippen LogP contribution is 2.52. The van der Waals surface area contributed by atoms with Crippen LogP contribution < -0.4 is 0 Å². The molecule has 1 heterocycles. The van der Waals surface area contributed by atoms with Crippen molar-refractivity contribution in [3.63, 3.8) is 0 Å². The van der Waals surface area contributed by atoms with Crippen molar-refractivity contribution in [1.82, 2.24) is 0 Å². The highest BCUT2D eigenvalue weighted by molar-refractivity contribution is 9.09. The molecule has 0 aliphatic heterocycles. The van der Waals surface area contributed by atoms with Gasteiger partial charge < -0.3 is 0 Å². The SMILES string of the molecule is Clc1ccsc1C(Br)CC1CC2CCC1C2. The third-order valence-corrected chi connectivity index (χ3v) is 6.93. The first-order valence-electron chi connectivity index (χ1n) is 6.11. The van der Waals surface area contributed by atoms with E-state index in [1.54, 1.807) is 11.3 Å². The summed E-state index contributed by atoms with van der Waals surface area (Å²) in [7, 11) is 0. The van der Waals surface area contributed by atoms with E-state index in [1.807, 2.05) is 6.07 Å². The molecule has 0 nitrogen and oxygen atoms in total. The Balaban J connectivity index is 1.65. The lowest BCUT2D eigenvalue weighted by Crippen LogP contribution is -2.12. The lowest BCUT2D eigenvalue weighted by Gasteiger charge is -2.23. The minimum atomic E-state index is 0.476. The standard InChI is InChI=1S/C13H16BrClS/c14-11(13-12(15)3-4-16-13)7-10-6-8-1-2-9(10)5-8/h3-4,8-11H,1-2,5-7H2. The van der Waals surface area contributed by atoms with Crippen LogP contribution in [0.15, 0.2) is 11.4 Å². The van der Waals surface area contributed by atoms with Crippen LogP contribution in [-0.2, 0) is 0 Å². The fourth-order valence-corrected chi connectivity index (χ4v) is 5.93. The van der Waals surface area contributed by atoms with Crippen LogP contribution in [0.25, 0.3) is 0 Å². The normalized spacial score (nSPS) is 34.5. The van der Waals surface area contributed by atoms with Crippen LogP contribution in [0.4, 0.5) is 0 Å². The van der Waals surface area contributed by atoms with Crippen LogP contribution in [0.3, 0.4) is 0 Å². The van der Waals surface area contributed by atoms with Gasteiger partial charge in [0, 0.05) is 4.88 Å². The van der Waals surface area contributed by atoms with Gasteiger partial charge in [-0.3, -0.25) is 0 Å². The number of hydrogen-bond acceptors (Lipinski definition) is 1. The zero-order valence-corrected chi connectivity index (χ0v) is 12.3. The van der Waals surface area contributed by atoms with E-state index in [4.69, 9.17) is 11.6 Å². The van der Waals surface area contributed by atoms with Gasteiger partial charge in [-0.25, -0.2) is 0 Å². The van der Waals surface area contributed by atoms with E-state index in [0.29, 0.717) is 4.83 Å². The van der Waals surface area contributed by atoms with E-state index in [1.165, 1.54) is 37.0 Å². The molecule has 4 unspecified atom stereocenters. The van der Waals surface area contributed by atoms with Crippen LogP contribution >= 0.6 is 38.9 Å². The molecule has 0 amide bonds. The third-order valence-electron chi connectivity index (χ3n) is 4.32. The molecule has 1 aromatic heterocycles. The fraction of sp³-hybridized carbons (Fsp3) is 0.692. The van der Waals surface area contributed by atoms with Crippen molar-refractivity contribution in [1.29, 1.82) is 0 Å². The molecule has 0 spiro atoms. The Hall–Kier alpha value is 0.470. The van der Waals surface area contributed by atoms with E-state index >= 15 is 0 Å². The molecule has 0 radical (unpaired) electrons. The maximum atomic E-state index is 6.18. The predicted octanol–water partition coefficient (Wildman–Crippen LogP) is 5.66. The number of alkyl halides is 1. The number of hydrogen-bond donors (Lipinski definition) is 0. The summed E-state index contributed by atoms with van der Waals surface area (Å²) in [6, 6.07) is 2.01. The average Bonchev–Trinajstić information content (AvgIpc) is 2.92. The van der Waals surface area contributed by atoms with Crippen molar-refractivity contribution in [2.45, 2.75) is 36.9 Å². The monoisotopic (exact) mass is 318 g/mol. The average molecular weight is 320 g/mol. The molecule has 0 aromatic carbocycles. The first kappa shape index (κ1) is 11.6. The fourth-order valence-electron chi connectivity index (χ4n) is 3.57. The van der Waals surface area contributed by atoms with Crippen molar-refractivity contribution in [2.24, 2.45) is 17.8 Å². The summed E-state index contributed by atoms with van der Waals surface area (Å²) in [6.45, 7) is 0. The number of thiophene rings is 1. The summed E-state index contributed by atoms with van der Waals surface area (Å²) in [5.41, 5.74) is 0. The van der Waals surface area contributed by atoms with E-state index < -0.39 is 0 Å². The molecule has 16 heavy (non-hydrogen) atoms. The van der Waals surface area contributed by atoms with Crippen molar-refractivity contribution >= 4 is 38.9 Å². The lowest BCUT2D eigenvalue weighted by atomic mass is 9.85. The van der Waals surface area contributed by atoms with E-state index in [0.717, 1.165) is 22.8 Å². The summed E-state index contributed by atoms with van der Waals surface area (Å²) in [5.74, 6) is 3.01. The Labute approximate surface area is 115 Å². The molecular weight excluding hydrogens is 304 g/mol. The highest BCUT2D eigenvalue weighted by Gasteiger charge is 2.40. The van der Waals surface area contributed by atoms with Gasteiger partial charge in [-0.15, -0.1) is 11.3 Å². The van der Waals surface area contributed by atoms with Crippen molar-refractivity contribution in [3.05, 3.63) is 21.3 Å². The molecule has 88 valence electrons. The molecule has 2 fully saturated rings. The zero-order chi connectivity index (χ0) is 11.1. The third kappa shape index (κ3) is 2.09. The van der Waals surface area contributed by atoms with Crippen LogP contribution in [0.5, 0.6) is 0 Å². The Bertz CT molecular complexity index is 376. The molecule has 3 heteroatoms. The minimum Gasteiger partial charge on any atom is -0.146 e. The maximum Gasteiger partial charge on any atom is 0.0556 e. The molecule has 4 atom stereocenters. The summed E-state index contributed by atoms with van der Waals surface area (Å²) < 4.78 is 0. The van der Waals surface area contributed by atoms with Crippen LogP contribution in [0.2, 0.25) is 5.02 Å². The van der Waals surface area contributed by atoms with Crippen molar-refractivity contribution in [2.75, 3.05) is 0 Å². The number of fused-ring (bicyclic) bond motifs is 2. The zero-order valence-electron chi connectivity index (χ0n) is 9.16. The Kier molecular flexibility index (Phi) is 3.34. The molecule has 0 N–H and O–H groups in total. The van der Waals surface area contributed by atoms with Gasteiger partial charge in [-0.05, 0) is 54.9 Å². The molecule has 0 saturated heterocycles. The summed E-state index contributed by atoms with van der Waals surface area (Å²) in [5, 5.41) is 3.03. The van der Waals surface area contributed by atoms with Crippen LogP contribution in [0.1, 0.15) is 41.8 Å². The largest absolute Gasteiger partial charge is 0.146 e. The van der Waals surface area contributed by atoms with Gasteiger partial charge in [0.15, 0.2) is 0 Å². The van der Waals surface area contributed by atoms with Crippen LogP contribution in [-0.4, -0.2) is 0 Å². The minimum absolute atomic E-state index is 0.476. The topological polar surface area (TPSA) is 0 Å². The van der Waals surface area contributed by atoms with E-state index in [-0.39, 0.29) is 0 Å². The smallest absolute Gasteiger partial charge is 0.0556 e. The van der Waals surface area contributed by atoms with E-state index in [9.17, 15) is 0 Å². The van der Waals surface area contributed by atoms with Gasteiger partial charge in [0.25, 0.3) is 0 Å². The van der Waals surface area contributed by atoms with Crippen LogP contribution in [0, 0.1) is 17.8 Å². The molecule has 3 rings (SSSR count). The van der Waals surface area contributed by atoms with Gasteiger partial charge in [0.2, 0.25) is 0 Å². The number of halogens is 2. The summed E-state index contributed by atoms with van der Waals surface area (Å²) >= 11 is 11.8. The highest BCUT2D eigenvalue weighted by atomic mass is 79.9. The van der Waals surface area contributed by atoms with Gasteiger partial charge in [0.1, 0.15) is 0 Å². The number of rotatable bonds is 3. The lowest BCUT2D eigenvalue weighted by molar-refractivity contribution is 0.314. The van der Waals surface area contributed by atoms with E-state index in [2.05, 4.69) is 21.3 Å². The second-order valence-electron chi connectivity index (χ2n) is 5.27. The Morgan fingerprint density at radius 3 is 2.88 bits per heavy atom. The van der Waals surface area contributed by atoms with Gasteiger partial charge in [-0.2, -0.15) is 0 Å². The second kappa shape index (κ2) is 4.62. The summed E-state index contributed by atoms with van der Waals surface area (Å²) in [4.78, 5) is 1.80. The van der Waals surface area contributed by atoms with Gasteiger partial charge >= 0.3 is 0 Å². The quantitative estimate of drug-likeness (QED) is 0.630. The van der Waals surface area contributed by atoms with Gasteiger partial charge in [0.05, 0.1) is 9.85 Å². The molecule has 2 saturated carbocycles. The first-order valence-corrected chi connectivity index (χ1v) is 8.28. The Morgan fingerprint density at radius 2 is 2.31 bits per heavy atom. The molecule has 2 aliphatic carbocycles. The Morgan fingerprint density at radius 1 is 1.44 bits per heavy atom. The molecular formula is C13H16BrClS. The van der Waals surface area contributed by atoms with Gasteiger partial charge in [-0.1, -0.05) is 34.0 Å². The second-order valence-corrected chi connectivity index (χ2v) is 7.73. The molecule has 2 aliphatic rings. The van der Waals surface area contributed by atoms with Crippen molar-refractivity contribution in [3.8, 4) is 0 Å². The maximum absolute atomic E-state index is 6.18. The summed E-state index contributed by atoms with van der Waals surface area (Å²) in [6.07, 6.45) is 7.22. The molecule has 1 aromatic rings. The first-order chi connectivity index (χ1) is 7.74. The predicted molar refractivity (Wildman–Crippen MR) is 74.6 cm³/mol.